The van der Waals surface area contributed by atoms with Gasteiger partial charge in [-0.1, -0.05) is 31.2 Å². The number of ether oxygens (including phenoxy) is 1. The Morgan fingerprint density at radius 3 is 2.24 bits per heavy atom. The smallest absolute Gasteiger partial charge is 0.387 e. The normalized spacial score (nSPS) is 13.2. The van der Waals surface area contributed by atoms with Gasteiger partial charge in [0.2, 0.25) is 10.0 Å². The molecule has 0 saturated carbocycles. The van der Waals surface area contributed by atoms with Crippen LogP contribution in [0.2, 0.25) is 0 Å². The van der Waals surface area contributed by atoms with E-state index in [2.05, 4.69) is 4.74 Å². The van der Waals surface area contributed by atoms with Crippen LogP contribution in [-0.2, 0) is 10.0 Å². The van der Waals surface area contributed by atoms with Gasteiger partial charge in [0.1, 0.15) is 16.5 Å². The molecule has 2 rings (SSSR count). The summed E-state index contributed by atoms with van der Waals surface area (Å²) in [7, 11) is -4.10. The lowest BCUT2D eigenvalue weighted by Gasteiger charge is -2.28. The van der Waals surface area contributed by atoms with Gasteiger partial charge in [0.25, 0.3) is 0 Å². The third-order valence-corrected chi connectivity index (χ3v) is 5.83. The van der Waals surface area contributed by atoms with E-state index in [1.807, 2.05) is 0 Å². The van der Waals surface area contributed by atoms with Gasteiger partial charge in [0, 0.05) is 12.6 Å². The largest absolute Gasteiger partial charge is 0.433 e. The third kappa shape index (κ3) is 4.32. The van der Waals surface area contributed by atoms with Gasteiger partial charge in [0.15, 0.2) is 0 Å². The first-order valence-corrected chi connectivity index (χ1v) is 9.02. The van der Waals surface area contributed by atoms with E-state index in [1.165, 1.54) is 48.5 Å². The number of sulfonamides is 1. The zero-order valence-electron chi connectivity index (χ0n) is 13.7. The number of rotatable bonds is 7. The van der Waals surface area contributed by atoms with Crippen molar-refractivity contribution in [3.8, 4) is 5.75 Å². The lowest BCUT2D eigenvalue weighted by Crippen LogP contribution is -2.33. The van der Waals surface area contributed by atoms with Crippen molar-refractivity contribution < 1.29 is 26.3 Å². The summed E-state index contributed by atoms with van der Waals surface area (Å²) < 4.78 is 69.7. The maximum absolute atomic E-state index is 13.1. The van der Waals surface area contributed by atoms with Crippen molar-refractivity contribution in [3.63, 3.8) is 0 Å². The van der Waals surface area contributed by atoms with Crippen molar-refractivity contribution in [2.24, 2.45) is 0 Å². The highest BCUT2D eigenvalue weighted by molar-refractivity contribution is 7.89. The molecule has 0 heterocycles. The molecule has 4 nitrogen and oxygen atoms in total. The first-order valence-electron chi connectivity index (χ1n) is 7.58. The average Bonchev–Trinajstić information content (AvgIpc) is 2.55. The van der Waals surface area contributed by atoms with Crippen LogP contribution in [0.3, 0.4) is 0 Å². The van der Waals surface area contributed by atoms with Gasteiger partial charge in [-0.3, -0.25) is 0 Å². The summed E-state index contributed by atoms with van der Waals surface area (Å²) in [6, 6.07) is 10.1. The van der Waals surface area contributed by atoms with Crippen molar-refractivity contribution in [1.82, 2.24) is 4.31 Å². The highest BCUT2D eigenvalue weighted by Gasteiger charge is 2.31. The van der Waals surface area contributed by atoms with Crippen molar-refractivity contribution >= 4 is 10.0 Å². The number of hydrogen-bond acceptors (Lipinski definition) is 3. The molecule has 0 aromatic heterocycles. The average molecular weight is 373 g/mol. The van der Waals surface area contributed by atoms with Gasteiger partial charge >= 0.3 is 6.61 Å². The van der Waals surface area contributed by atoms with E-state index < -0.39 is 34.2 Å². The summed E-state index contributed by atoms with van der Waals surface area (Å²) in [6.07, 6.45) is 0. The van der Waals surface area contributed by atoms with E-state index in [4.69, 9.17) is 0 Å². The molecule has 0 aliphatic carbocycles. The third-order valence-electron chi connectivity index (χ3n) is 3.75. The topological polar surface area (TPSA) is 46.6 Å². The van der Waals surface area contributed by atoms with Crippen LogP contribution < -0.4 is 4.74 Å². The molecule has 2 aromatic rings. The number of halogens is 3. The maximum atomic E-state index is 13.1. The molecule has 0 radical (unpaired) electrons. The fourth-order valence-electron chi connectivity index (χ4n) is 2.54. The number of nitrogens with zero attached hydrogens (tertiary/aromatic N) is 1. The fraction of sp³-hybridized carbons (Fsp3) is 0.294. The summed E-state index contributed by atoms with van der Waals surface area (Å²) in [5.41, 5.74) is 0.582. The summed E-state index contributed by atoms with van der Waals surface area (Å²) in [5, 5.41) is 0. The van der Waals surface area contributed by atoms with Crippen molar-refractivity contribution in [1.29, 1.82) is 0 Å². The van der Waals surface area contributed by atoms with Gasteiger partial charge in [-0.25, -0.2) is 12.8 Å². The molecule has 0 aliphatic rings. The molecular weight excluding hydrogens is 355 g/mol. The van der Waals surface area contributed by atoms with Gasteiger partial charge in [-0.2, -0.15) is 13.1 Å². The Kier molecular flexibility index (Phi) is 6.07. The lowest BCUT2D eigenvalue weighted by atomic mass is 10.1. The van der Waals surface area contributed by atoms with Crippen molar-refractivity contribution in [2.75, 3.05) is 6.54 Å². The van der Waals surface area contributed by atoms with E-state index in [-0.39, 0.29) is 11.4 Å². The summed E-state index contributed by atoms with van der Waals surface area (Å²) in [6.45, 7) is 0.240. The zero-order valence-corrected chi connectivity index (χ0v) is 14.5. The van der Waals surface area contributed by atoms with E-state index >= 15 is 0 Å². The van der Waals surface area contributed by atoms with E-state index in [1.54, 1.807) is 13.8 Å². The van der Waals surface area contributed by atoms with Crippen LogP contribution in [-0.4, -0.2) is 25.9 Å². The fourth-order valence-corrected chi connectivity index (χ4v) is 4.29. The highest BCUT2D eigenvalue weighted by Crippen LogP contribution is 2.32. The monoisotopic (exact) mass is 373 g/mol. The van der Waals surface area contributed by atoms with Crippen LogP contribution in [0.1, 0.15) is 25.5 Å². The van der Waals surface area contributed by atoms with Crippen molar-refractivity contribution in [2.45, 2.75) is 31.4 Å². The number of para-hydroxylation sites is 1. The summed E-state index contributed by atoms with van der Waals surface area (Å²) in [4.78, 5) is -0.342. The van der Waals surface area contributed by atoms with Gasteiger partial charge in [-0.15, -0.1) is 0 Å². The second-order valence-electron chi connectivity index (χ2n) is 5.26. The lowest BCUT2D eigenvalue weighted by molar-refractivity contribution is -0.0518. The molecule has 1 unspecified atom stereocenters. The van der Waals surface area contributed by atoms with E-state index in [0.717, 1.165) is 4.31 Å². The minimum absolute atomic E-state index is 0.101. The maximum Gasteiger partial charge on any atom is 0.387 e. The van der Waals surface area contributed by atoms with Gasteiger partial charge < -0.3 is 4.74 Å². The van der Waals surface area contributed by atoms with Crippen molar-refractivity contribution in [3.05, 3.63) is 59.9 Å². The Morgan fingerprint density at radius 2 is 1.68 bits per heavy atom. The Balaban J connectivity index is 2.44. The first kappa shape index (κ1) is 19.3. The Bertz CT molecular complexity index is 810. The minimum Gasteiger partial charge on any atom is -0.433 e. The van der Waals surface area contributed by atoms with E-state index in [0.29, 0.717) is 5.56 Å². The van der Waals surface area contributed by atoms with Gasteiger partial charge in [-0.05, 0) is 36.8 Å². The molecule has 8 heteroatoms. The van der Waals surface area contributed by atoms with E-state index in [9.17, 15) is 21.6 Å². The highest BCUT2D eigenvalue weighted by atomic mass is 32.2. The Labute approximate surface area is 144 Å². The zero-order chi connectivity index (χ0) is 18.6. The number of benzene rings is 2. The molecular formula is C17H18F3NO3S. The molecule has 2 aromatic carbocycles. The van der Waals surface area contributed by atoms with Crippen LogP contribution in [0.4, 0.5) is 13.2 Å². The first-order chi connectivity index (χ1) is 11.8. The second kappa shape index (κ2) is 7.88. The van der Waals surface area contributed by atoms with Crippen LogP contribution in [0.5, 0.6) is 5.75 Å². The standard InChI is InChI=1S/C17H18F3NO3S/c1-3-21(12(2)13-8-10-14(18)11-9-13)25(22,23)16-7-5-4-6-15(16)24-17(19)20/h4-12,17H,3H2,1-2H3. The van der Waals surface area contributed by atoms with Crippen LogP contribution in [0, 0.1) is 5.82 Å². The number of hydrogen-bond donors (Lipinski definition) is 0. The molecule has 0 N–H and O–H groups in total. The molecule has 1 atom stereocenters. The van der Waals surface area contributed by atoms with Crippen LogP contribution in [0.15, 0.2) is 53.4 Å². The SMILES string of the molecule is CCN(C(C)c1ccc(F)cc1)S(=O)(=O)c1ccccc1OC(F)F. The molecule has 0 fully saturated rings. The second-order valence-corrected chi connectivity index (χ2v) is 7.12. The quantitative estimate of drug-likeness (QED) is 0.731. The molecule has 0 bridgehead atoms. The molecule has 25 heavy (non-hydrogen) atoms. The summed E-state index contributed by atoms with van der Waals surface area (Å²) in [5.74, 6) is -0.847. The molecule has 0 saturated heterocycles. The molecule has 0 aliphatic heterocycles. The predicted molar refractivity (Wildman–Crippen MR) is 87.5 cm³/mol. The summed E-state index contributed by atoms with van der Waals surface area (Å²) >= 11 is 0. The Morgan fingerprint density at radius 1 is 1.08 bits per heavy atom. The number of alkyl halides is 2. The molecule has 0 spiro atoms. The van der Waals surface area contributed by atoms with Crippen LogP contribution in [0.25, 0.3) is 0 Å². The van der Waals surface area contributed by atoms with Gasteiger partial charge in [0.05, 0.1) is 0 Å². The molecule has 0 amide bonds. The Hall–Kier alpha value is -2.06. The predicted octanol–water partition coefficient (Wildman–Crippen LogP) is 4.20. The molecule has 136 valence electrons. The van der Waals surface area contributed by atoms with Crippen LogP contribution >= 0.6 is 0 Å². The minimum atomic E-state index is -4.10.